The van der Waals surface area contributed by atoms with Crippen LogP contribution in [0.1, 0.15) is 0 Å². The topological polar surface area (TPSA) is 93.7 Å². The van der Waals surface area contributed by atoms with Crippen molar-refractivity contribution in [2.75, 3.05) is 23.8 Å². The molecule has 0 heterocycles. The van der Waals surface area contributed by atoms with Crippen LogP contribution < -0.4 is 19.5 Å². The fourth-order valence-electron chi connectivity index (χ4n) is 2.52. The van der Waals surface area contributed by atoms with E-state index < -0.39 is 15.9 Å². The van der Waals surface area contributed by atoms with Gasteiger partial charge in [0.15, 0.2) is 6.61 Å². The van der Waals surface area contributed by atoms with Gasteiger partial charge >= 0.3 is 0 Å². The number of ether oxygens (including phenoxy) is 2. The molecule has 0 aliphatic carbocycles. The van der Waals surface area contributed by atoms with E-state index in [-0.39, 0.29) is 11.5 Å². The highest BCUT2D eigenvalue weighted by Gasteiger charge is 2.15. The Balaban J connectivity index is 1.65. The maximum absolute atomic E-state index is 12.6. The molecule has 3 rings (SSSR count). The highest BCUT2D eigenvalue weighted by molar-refractivity contribution is 7.92. The maximum atomic E-state index is 12.6. The number of rotatable bonds is 8. The highest BCUT2D eigenvalue weighted by Crippen LogP contribution is 2.23. The van der Waals surface area contributed by atoms with Gasteiger partial charge in [-0.2, -0.15) is 0 Å². The molecule has 2 N–H and O–H groups in total. The molecule has 0 aliphatic heterocycles. The molecule has 0 aromatic heterocycles. The van der Waals surface area contributed by atoms with E-state index in [9.17, 15) is 13.2 Å². The highest BCUT2D eigenvalue weighted by atomic mass is 35.5. The Hall–Kier alpha value is -3.23. The van der Waals surface area contributed by atoms with Crippen LogP contribution in [0, 0.1) is 0 Å². The summed E-state index contributed by atoms with van der Waals surface area (Å²) < 4.78 is 38.2. The monoisotopic (exact) mass is 446 g/mol. The van der Waals surface area contributed by atoms with Crippen LogP contribution in [0.15, 0.2) is 77.7 Å². The van der Waals surface area contributed by atoms with Gasteiger partial charge in [-0.1, -0.05) is 29.8 Å². The Kier molecular flexibility index (Phi) is 6.81. The number of nitrogens with one attached hydrogen (secondary N) is 2. The second-order valence-electron chi connectivity index (χ2n) is 6.13. The molecular weight excluding hydrogens is 428 g/mol. The van der Waals surface area contributed by atoms with Gasteiger partial charge in [0.05, 0.1) is 17.0 Å². The smallest absolute Gasteiger partial charge is 0.262 e. The van der Waals surface area contributed by atoms with Crippen molar-refractivity contribution < 1.29 is 22.7 Å². The Morgan fingerprint density at radius 2 is 1.70 bits per heavy atom. The van der Waals surface area contributed by atoms with E-state index in [1.165, 1.54) is 25.3 Å². The number of hydrogen-bond acceptors (Lipinski definition) is 5. The molecule has 0 bridgehead atoms. The fraction of sp³-hybridized carbons (Fsp3) is 0.0952. The van der Waals surface area contributed by atoms with Gasteiger partial charge in [-0.25, -0.2) is 8.42 Å². The average molecular weight is 447 g/mol. The van der Waals surface area contributed by atoms with E-state index in [2.05, 4.69) is 10.0 Å². The summed E-state index contributed by atoms with van der Waals surface area (Å²) in [6, 6.07) is 19.2. The first kappa shape index (κ1) is 21.5. The Bertz CT molecular complexity index is 1130. The Morgan fingerprint density at radius 1 is 0.967 bits per heavy atom. The van der Waals surface area contributed by atoms with Crippen molar-refractivity contribution in [2.24, 2.45) is 0 Å². The lowest BCUT2D eigenvalue weighted by molar-refractivity contribution is -0.118. The molecule has 0 aliphatic rings. The number of sulfonamides is 1. The van der Waals surface area contributed by atoms with Crippen LogP contribution in [0.5, 0.6) is 11.5 Å². The number of hydrogen-bond donors (Lipinski definition) is 2. The van der Waals surface area contributed by atoms with Gasteiger partial charge in [0.2, 0.25) is 0 Å². The third kappa shape index (κ3) is 5.65. The molecule has 7 nitrogen and oxygen atoms in total. The Labute approximate surface area is 179 Å². The van der Waals surface area contributed by atoms with Crippen molar-refractivity contribution in [3.8, 4) is 11.5 Å². The molecule has 0 saturated carbocycles. The predicted molar refractivity (Wildman–Crippen MR) is 116 cm³/mol. The van der Waals surface area contributed by atoms with Gasteiger partial charge in [0, 0.05) is 11.4 Å². The number of para-hydroxylation sites is 1. The number of benzene rings is 3. The van der Waals surface area contributed by atoms with Crippen LogP contribution in [0.3, 0.4) is 0 Å². The second kappa shape index (κ2) is 9.51. The molecule has 0 fully saturated rings. The van der Waals surface area contributed by atoms with Crippen molar-refractivity contribution in [3.05, 3.63) is 77.8 Å². The summed E-state index contributed by atoms with van der Waals surface area (Å²) in [6.45, 7) is -0.273. The normalized spacial score (nSPS) is 10.9. The molecule has 3 aromatic carbocycles. The summed E-state index contributed by atoms with van der Waals surface area (Å²) in [7, 11) is -2.32. The second-order valence-corrected chi connectivity index (χ2v) is 8.22. The molecule has 1 amide bonds. The zero-order chi connectivity index (χ0) is 21.6. The predicted octanol–water partition coefficient (Wildman–Crippen LogP) is 4.17. The van der Waals surface area contributed by atoms with Crippen molar-refractivity contribution in [2.45, 2.75) is 4.90 Å². The SMILES string of the molecule is COc1ccc(NS(=O)(=O)c2cccc(NC(=O)COc3ccccc3Cl)c2)cc1. The van der Waals surface area contributed by atoms with Crippen LogP contribution in [-0.2, 0) is 14.8 Å². The largest absolute Gasteiger partial charge is 0.497 e. The first-order valence-corrected chi connectivity index (χ1v) is 10.7. The third-order valence-electron chi connectivity index (χ3n) is 3.97. The minimum absolute atomic E-state index is 0.00291. The van der Waals surface area contributed by atoms with Gasteiger partial charge in [-0.3, -0.25) is 9.52 Å². The van der Waals surface area contributed by atoms with E-state index in [0.29, 0.717) is 27.9 Å². The summed E-state index contributed by atoms with van der Waals surface area (Å²) in [5.74, 6) is 0.545. The van der Waals surface area contributed by atoms with Crippen LogP contribution >= 0.6 is 11.6 Å². The van der Waals surface area contributed by atoms with E-state index in [1.807, 2.05) is 0 Å². The zero-order valence-corrected chi connectivity index (χ0v) is 17.5. The molecule has 0 atom stereocenters. The number of anilines is 2. The molecule has 3 aromatic rings. The summed E-state index contributed by atoms with van der Waals surface area (Å²) in [6.07, 6.45) is 0. The lowest BCUT2D eigenvalue weighted by atomic mass is 10.3. The molecular formula is C21H19ClN2O5S. The van der Waals surface area contributed by atoms with Crippen LogP contribution in [-0.4, -0.2) is 28.0 Å². The third-order valence-corrected chi connectivity index (χ3v) is 5.66. The van der Waals surface area contributed by atoms with Gasteiger partial charge in [-0.05, 0) is 54.6 Å². The lowest BCUT2D eigenvalue weighted by Gasteiger charge is -2.11. The van der Waals surface area contributed by atoms with Gasteiger partial charge in [0.25, 0.3) is 15.9 Å². The van der Waals surface area contributed by atoms with E-state index in [4.69, 9.17) is 21.1 Å². The van der Waals surface area contributed by atoms with Crippen molar-refractivity contribution in [1.82, 2.24) is 0 Å². The van der Waals surface area contributed by atoms with Crippen molar-refractivity contribution in [1.29, 1.82) is 0 Å². The van der Waals surface area contributed by atoms with E-state index in [1.54, 1.807) is 54.6 Å². The van der Waals surface area contributed by atoms with Crippen LogP contribution in [0.25, 0.3) is 0 Å². The maximum Gasteiger partial charge on any atom is 0.262 e. The molecule has 0 radical (unpaired) electrons. The van der Waals surface area contributed by atoms with Crippen molar-refractivity contribution >= 4 is 38.9 Å². The molecule has 0 spiro atoms. The summed E-state index contributed by atoms with van der Waals surface area (Å²) in [5.41, 5.74) is 0.707. The zero-order valence-electron chi connectivity index (χ0n) is 16.0. The van der Waals surface area contributed by atoms with E-state index in [0.717, 1.165) is 0 Å². The standard InChI is InChI=1S/C21H19ClN2O5S/c1-28-17-11-9-15(10-12-17)24-30(26,27)18-6-4-5-16(13-18)23-21(25)14-29-20-8-3-2-7-19(20)22/h2-13,24H,14H2,1H3,(H,23,25). The van der Waals surface area contributed by atoms with Crippen LogP contribution in [0.4, 0.5) is 11.4 Å². The molecule has 156 valence electrons. The molecule has 0 saturated heterocycles. The number of methoxy groups -OCH3 is 1. The molecule has 30 heavy (non-hydrogen) atoms. The number of halogens is 1. The lowest BCUT2D eigenvalue weighted by Crippen LogP contribution is -2.20. The fourth-order valence-corrected chi connectivity index (χ4v) is 3.81. The quantitative estimate of drug-likeness (QED) is 0.541. The van der Waals surface area contributed by atoms with Gasteiger partial charge in [0.1, 0.15) is 11.5 Å². The minimum atomic E-state index is -3.84. The minimum Gasteiger partial charge on any atom is -0.497 e. The van der Waals surface area contributed by atoms with Gasteiger partial charge in [-0.15, -0.1) is 0 Å². The summed E-state index contributed by atoms with van der Waals surface area (Å²) in [4.78, 5) is 12.2. The first-order chi connectivity index (χ1) is 14.4. The number of carbonyl (C=O) groups is 1. The molecule has 9 heteroatoms. The first-order valence-electron chi connectivity index (χ1n) is 8.81. The number of carbonyl (C=O) groups excluding carboxylic acids is 1. The summed E-state index contributed by atoms with van der Waals surface area (Å²) >= 11 is 5.98. The Morgan fingerprint density at radius 3 is 2.40 bits per heavy atom. The number of amides is 1. The summed E-state index contributed by atoms with van der Waals surface area (Å²) in [5, 5.41) is 3.00. The van der Waals surface area contributed by atoms with Crippen LogP contribution in [0.2, 0.25) is 5.02 Å². The average Bonchev–Trinajstić information content (AvgIpc) is 2.74. The van der Waals surface area contributed by atoms with Crippen molar-refractivity contribution in [3.63, 3.8) is 0 Å². The van der Waals surface area contributed by atoms with Gasteiger partial charge < -0.3 is 14.8 Å². The molecule has 0 unspecified atom stereocenters. The van der Waals surface area contributed by atoms with E-state index >= 15 is 0 Å².